The van der Waals surface area contributed by atoms with Crippen molar-refractivity contribution in [1.82, 2.24) is 0 Å². The van der Waals surface area contributed by atoms with Crippen molar-refractivity contribution in [3.05, 3.63) is 63.6 Å². The number of ether oxygens (including phenoxy) is 1. The summed E-state index contributed by atoms with van der Waals surface area (Å²) in [6, 6.07) is 15.8. The Bertz CT molecular complexity index is 533. The van der Waals surface area contributed by atoms with Gasteiger partial charge in [-0.1, -0.05) is 41.9 Å². The molecule has 2 aromatic carbocycles. The minimum atomic E-state index is 0.270. The third-order valence-electron chi connectivity index (χ3n) is 2.83. The van der Waals surface area contributed by atoms with Gasteiger partial charge in [-0.15, -0.1) is 0 Å². The fourth-order valence-corrected chi connectivity index (χ4v) is 2.88. The van der Waals surface area contributed by atoms with Crippen LogP contribution in [0.2, 0.25) is 5.02 Å². The van der Waals surface area contributed by atoms with Crippen LogP contribution in [0.4, 0.5) is 0 Å². The average Bonchev–Trinajstić information content (AvgIpc) is 2.43. The van der Waals surface area contributed by atoms with E-state index in [4.69, 9.17) is 16.3 Å². The summed E-state index contributed by atoms with van der Waals surface area (Å²) in [5.41, 5.74) is 1.24. The van der Waals surface area contributed by atoms with Crippen LogP contribution in [-0.2, 0) is 0 Å². The van der Waals surface area contributed by atoms with Gasteiger partial charge in [0.1, 0.15) is 5.75 Å². The maximum atomic E-state index is 5.91. The highest BCUT2D eigenvalue weighted by Gasteiger charge is 2.11. The maximum Gasteiger partial charge on any atom is 0.133 e. The van der Waals surface area contributed by atoms with E-state index in [1.165, 1.54) is 5.56 Å². The predicted molar refractivity (Wildman–Crippen MR) is 87.7 cm³/mol. The molecule has 4 heteroatoms. The van der Waals surface area contributed by atoms with Crippen LogP contribution in [0.15, 0.2) is 53.0 Å². The zero-order valence-corrected chi connectivity index (χ0v) is 13.5. The van der Waals surface area contributed by atoms with Crippen LogP contribution >= 0.6 is 40.2 Å². The van der Waals surface area contributed by atoms with Crippen molar-refractivity contribution in [3.8, 4) is 5.75 Å². The van der Waals surface area contributed by atoms with Crippen LogP contribution in [0.25, 0.3) is 0 Å². The lowest BCUT2D eigenvalue weighted by molar-refractivity contribution is 0.296. The third kappa shape index (κ3) is 4.16. The molecular formula is C15H14BrClOS. The van der Waals surface area contributed by atoms with E-state index in [1.807, 2.05) is 36.4 Å². The minimum absolute atomic E-state index is 0.270. The van der Waals surface area contributed by atoms with Crippen LogP contribution in [0.1, 0.15) is 11.5 Å². The molecule has 1 unspecified atom stereocenters. The number of benzene rings is 2. The summed E-state index contributed by atoms with van der Waals surface area (Å²) >= 11 is 13.8. The van der Waals surface area contributed by atoms with Gasteiger partial charge >= 0.3 is 0 Å². The Balaban J connectivity index is 2.04. The molecule has 0 heterocycles. The van der Waals surface area contributed by atoms with E-state index in [0.717, 1.165) is 16.0 Å². The number of hydrogen-bond donors (Lipinski definition) is 1. The summed E-state index contributed by atoms with van der Waals surface area (Å²) < 4.78 is 6.71. The van der Waals surface area contributed by atoms with Gasteiger partial charge in [-0.3, -0.25) is 0 Å². The van der Waals surface area contributed by atoms with Crippen LogP contribution in [-0.4, -0.2) is 12.4 Å². The Kier molecular flexibility index (Phi) is 5.61. The Labute approximate surface area is 132 Å². The summed E-state index contributed by atoms with van der Waals surface area (Å²) in [5, 5.41) is 0.688. The normalized spacial score (nSPS) is 12.2. The molecular weight excluding hydrogens is 344 g/mol. The van der Waals surface area contributed by atoms with Gasteiger partial charge in [-0.2, -0.15) is 12.6 Å². The molecule has 0 radical (unpaired) electrons. The molecule has 2 aromatic rings. The lowest BCUT2D eigenvalue weighted by atomic mass is 10.0. The van der Waals surface area contributed by atoms with Crippen LogP contribution in [0.5, 0.6) is 5.75 Å². The number of rotatable bonds is 5. The van der Waals surface area contributed by atoms with E-state index in [-0.39, 0.29) is 5.92 Å². The Morgan fingerprint density at radius 1 is 1.16 bits per heavy atom. The molecule has 1 nitrogen and oxygen atoms in total. The maximum absolute atomic E-state index is 5.91. The van der Waals surface area contributed by atoms with Crippen LogP contribution < -0.4 is 4.74 Å². The largest absolute Gasteiger partial charge is 0.492 e. The zero-order chi connectivity index (χ0) is 13.7. The molecule has 19 heavy (non-hydrogen) atoms. The summed E-state index contributed by atoms with van der Waals surface area (Å²) in [7, 11) is 0. The summed E-state index contributed by atoms with van der Waals surface area (Å²) in [5.74, 6) is 1.81. The summed E-state index contributed by atoms with van der Waals surface area (Å²) in [6.45, 7) is 0.591. The second-order valence-electron chi connectivity index (χ2n) is 4.18. The smallest absolute Gasteiger partial charge is 0.133 e. The third-order valence-corrected chi connectivity index (χ3v) is 4.12. The highest BCUT2D eigenvalue weighted by Crippen LogP contribution is 2.29. The Morgan fingerprint density at radius 2 is 1.89 bits per heavy atom. The first-order valence-electron chi connectivity index (χ1n) is 5.94. The number of halogens is 2. The first-order valence-corrected chi connectivity index (χ1v) is 7.74. The Morgan fingerprint density at radius 3 is 2.53 bits per heavy atom. The monoisotopic (exact) mass is 356 g/mol. The number of hydrogen-bond acceptors (Lipinski definition) is 2. The van der Waals surface area contributed by atoms with Gasteiger partial charge in [0.15, 0.2) is 0 Å². The molecule has 0 fully saturated rings. The molecule has 2 rings (SSSR count). The molecule has 0 bridgehead atoms. The van der Waals surface area contributed by atoms with Crippen molar-refractivity contribution in [3.63, 3.8) is 0 Å². The van der Waals surface area contributed by atoms with E-state index in [0.29, 0.717) is 11.6 Å². The molecule has 0 aromatic heterocycles. The van der Waals surface area contributed by atoms with Crippen molar-refractivity contribution in [1.29, 1.82) is 0 Å². The standard InChI is InChI=1S/C15H14BrClOS/c16-14-8-13(17)6-7-15(14)18-9-12(10-19)11-4-2-1-3-5-11/h1-8,12,19H,9-10H2. The minimum Gasteiger partial charge on any atom is -0.492 e. The van der Waals surface area contributed by atoms with E-state index in [1.54, 1.807) is 0 Å². The van der Waals surface area contributed by atoms with Gasteiger partial charge in [0.25, 0.3) is 0 Å². The van der Waals surface area contributed by atoms with Crippen molar-refractivity contribution in [2.75, 3.05) is 12.4 Å². The second-order valence-corrected chi connectivity index (χ2v) is 5.83. The molecule has 0 saturated heterocycles. The molecule has 0 spiro atoms. The molecule has 0 aliphatic rings. The molecule has 0 aliphatic heterocycles. The summed E-state index contributed by atoms with van der Waals surface area (Å²) in [4.78, 5) is 0. The molecule has 100 valence electrons. The quantitative estimate of drug-likeness (QED) is 0.724. The fourth-order valence-electron chi connectivity index (χ4n) is 1.76. The lowest BCUT2D eigenvalue weighted by Crippen LogP contribution is -2.12. The first-order chi connectivity index (χ1) is 9.20. The van der Waals surface area contributed by atoms with Gasteiger partial charge in [0, 0.05) is 16.7 Å². The van der Waals surface area contributed by atoms with Gasteiger partial charge in [-0.05, 0) is 39.7 Å². The second kappa shape index (κ2) is 7.22. The summed E-state index contributed by atoms with van der Waals surface area (Å²) in [6.07, 6.45) is 0. The van der Waals surface area contributed by atoms with Crippen LogP contribution in [0, 0.1) is 0 Å². The highest BCUT2D eigenvalue weighted by molar-refractivity contribution is 9.10. The highest BCUT2D eigenvalue weighted by atomic mass is 79.9. The van der Waals surface area contributed by atoms with Crippen LogP contribution in [0.3, 0.4) is 0 Å². The molecule has 0 N–H and O–H groups in total. The first kappa shape index (κ1) is 14.8. The van der Waals surface area contributed by atoms with Crippen molar-refractivity contribution >= 4 is 40.2 Å². The molecule has 1 atom stereocenters. The van der Waals surface area contributed by atoms with Crippen molar-refractivity contribution in [2.45, 2.75) is 5.92 Å². The predicted octanol–water partition coefficient (Wildman–Crippen LogP) is 5.19. The lowest BCUT2D eigenvalue weighted by Gasteiger charge is -2.16. The molecule has 0 aliphatic carbocycles. The van der Waals surface area contributed by atoms with Crippen molar-refractivity contribution in [2.24, 2.45) is 0 Å². The SMILES string of the molecule is SCC(COc1ccc(Cl)cc1Br)c1ccccc1. The van der Waals surface area contributed by atoms with E-state index < -0.39 is 0 Å². The van der Waals surface area contributed by atoms with Gasteiger partial charge in [-0.25, -0.2) is 0 Å². The topological polar surface area (TPSA) is 9.23 Å². The van der Waals surface area contributed by atoms with E-state index >= 15 is 0 Å². The van der Waals surface area contributed by atoms with Gasteiger partial charge in [0.2, 0.25) is 0 Å². The van der Waals surface area contributed by atoms with Gasteiger partial charge in [0.05, 0.1) is 11.1 Å². The van der Waals surface area contributed by atoms with E-state index in [2.05, 4.69) is 40.7 Å². The Hall–Kier alpha value is -0.640. The average molecular weight is 358 g/mol. The molecule has 0 saturated carbocycles. The van der Waals surface area contributed by atoms with Crippen molar-refractivity contribution < 1.29 is 4.74 Å². The molecule has 0 amide bonds. The number of thiol groups is 1. The fraction of sp³-hybridized carbons (Fsp3) is 0.200. The van der Waals surface area contributed by atoms with E-state index in [9.17, 15) is 0 Å². The van der Waals surface area contributed by atoms with Gasteiger partial charge < -0.3 is 4.74 Å². The zero-order valence-electron chi connectivity index (χ0n) is 10.2.